The van der Waals surface area contributed by atoms with Crippen LogP contribution >= 0.6 is 11.6 Å². The highest BCUT2D eigenvalue weighted by atomic mass is 35.5. The van der Waals surface area contributed by atoms with Crippen molar-refractivity contribution in [3.05, 3.63) is 70.4 Å². The van der Waals surface area contributed by atoms with E-state index in [0.717, 1.165) is 29.2 Å². The number of fused-ring (bicyclic) bond motifs is 1. The molecule has 0 radical (unpaired) electrons. The smallest absolute Gasteiger partial charge is 0.0754 e. The summed E-state index contributed by atoms with van der Waals surface area (Å²) in [5.74, 6) is 0. The molecule has 0 aliphatic carbocycles. The second kappa shape index (κ2) is 6.37. The number of hydrogen-bond acceptors (Lipinski definition) is 2. The van der Waals surface area contributed by atoms with E-state index in [4.69, 9.17) is 11.6 Å². The summed E-state index contributed by atoms with van der Waals surface area (Å²) in [4.78, 5) is 4.52. The molecule has 0 fully saturated rings. The van der Waals surface area contributed by atoms with Gasteiger partial charge in [-0.05, 0) is 55.2 Å². The quantitative estimate of drug-likeness (QED) is 0.720. The molecule has 3 heteroatoms. The summed E-state index contributed by atoms with van der Waals surface area (Å²) in [6, 6.07) is 14.4. The summed E-state index contributed by atoms with van der Waals surface area (Å²) < 4.78 is 0. The number of hydrogen-bond donors (Lipinski definition) is 1. The number of aryl methyl sites for hydroxylation is 2. The summed E-state index contributed by atoms with van der Waals surface area (Å²) in [5.41, 5.74) is 5.98. The summed E-state index contributed by atoms with van der Waals surface area (Å²) in [6.07, 6.45) is 2.84. The van der Waals surface area contributed by atoms with Crippen molar-refractivity contribution in [3.63, 3.8) is 0 Å². The average Bonchev–Trinajstić information content (AvgIpc) is 2.53. The third-order valence-corrected chi connectivity index (χ3v) is 4.20. The van der Waals surface area contributed by atoms with E-state index in [1.54, 1.807) is 0 Å². The predicted octanol–water partition coefficient (Wildman–Crippen LogP) is 5.16. The molecule has 0 amide bonds. The van der Waals surface area contributed by atoms with Crippen molar-refractivity contribution in [2.75, 3.05) is 11.9 Å². The molecule has 1 N–H and O–H groups in total. The van der Waals surface area contributed by atoms with Crippen molar-refractivity contribution in [1.82, 2.24) is 4.98 Å². The summed E-state index contributed by atoms with van der Waals surface area (Å²) >= 11 is 5.92. The Balaban J connectivity index is 1.79. The highest BCUT2D eigenvalue weighted by Crippen LogP contribution is 2.27. The lowest BCUT2D eigenvalue weighted by Crippen LogP contribution is -2.06. The Morgan fingerprint density at radius 1 is 0.955 bits per heavy atom. The largest absolute Gasteiger partial charge is 0.384 e. The van der Waals surface area contributed by atoms with Crippen LogP contribution in [-0.4, -0.2) is 11.5 Å². The lowest BCUT2D eigenvalue weighted by Gasteiger charge is -2.12. The Kier molecular flexibility index (Phi) is 4.30. The first-order valence-corrected chi connectivity index (χ1v) is 7.86. The van der Waals surface area contributed by atoms with E-state index < -0.39 is 0 Å². The van der Waals surface area contributed by atoms with Crippen LogP contribution in [0.5, 0.6) is 0 Å². The Hall–Kier alpha value is -2.06. The SMILES string of the molecule is Cc1ccc(C)c2c(NCCc3ccc(Cl)cc3)ccnc12. The van der Waals surface area contributed by atoms with Crippen LogP contribution in [0.25, 0.3) is 10.9 Å². The van der Waals surface area contributed by atoms with Crippen molar-refractivity contribution in [1.29, 1.82) is 0 Å². The Morgan fingerprint density at radius 3 is 2.45 bits per heavy atom. The zero-order chi connectivity index (χ0) is 15.5. The van der Waals surface area contributed by atoms with E-state index in [0.29, 0.717) is 0 Å². The van der Waals surface area contributed by atoms with Gasteiger partial charge in [0.05, 0.1) is 5.52 Å². The van der Waals surface area contributed by atoms with Crippen LogP contribution in [0.1, 0.15) is 16.7 Å². The maximum absolute atomic E-state index is 5.92. The second-order valence-corrected chi connectivity index (χ2v) is 6.02. The van der Waals surface area contributed by atoms with Gasteiger partial charge in [-0.15, -0.1) is 0 Å². The van der Waals surface area contributed by atoms with Gasteiger partial charge in [-0.2, -0.15) is 0 Å². The zero-order valence-electron chi connectivity index (χ0n) is 12.9. The minimum Gasteiger partial charge on any atom is -0.384 e. The molecule has 2 nitrogen and oxygen atoms in total. The Labute approximate surface area is 136 Å². The lowest BCUT2D eigenvalue weighted by atomic mass is 10.0. The minimum absolute atomic E-state index is 0.780. The number of pyridine rings is 1. The van der Waals surface area contributed by atoms with Gasteiger partial charge in [-0.1, -0.05) is 35.9 Å². The molecule has 2 aromatic carbocycles. The van der Waals surface area contributed by atoms with Crippen LogP contribution in [0.2, 0.25) is 5.02 Å². The summed E-state index contributed by atoms with van der Waals surface area (Å²) in [6.45, 7) is 5.12. The van der Waals surface area contributed by atoms with Crippen LogP contribution in [0, 0.1) is 13.8 Å². The van der Waals surface area contributed by atoms with E-state index in [2.05, 4.69) is 54.5 Å². The minimum atomic E-state index is 0.780. The molecule has 0 saturated carbocycles. The number of halogens is 1. The molecular weight excluding hydrogens is 292 g/mol. The van der Waals surface area contributed by atoms with Crippen molar-refractivity contribution in [3.8, 4) is 0 Å². The van der Waals surface area contributed by atoms with Crippen LogP contribution in [0.4, 0.5) is 5.69 Å². The second-order valence-electron chi connectivity index (χ2n) is 5.58. The summed E-state index contributed by atoms with van der Waals surface area (Å²) in [7, 11) is 0. The Morgan fingerprint density at radius 2 is 1.68 bits per heavy atom. The predicted molar refractivity (Wildman–Crippen MR) is 94.9 cm³/mol. The van der Waals surface area contributed by atoms with Crippen LogP contribution < -0.4 is 5.32 Å². The number of nitrogens with zero attached hydrogens (tertiary/aromatic N) is 1. The molecule has 22 heavy (non-hydrogen) atoms. The number of nitrogens with one attached hydrogen (secondary N) is 1. The molecule has 3 rings (SSSR count). The molecule has 112 valence electrons. The van der Waals surface area contributed by atoms with Gasteiger partial charge in [-0.3, -0.25) is 4.98 Å². The molecule has 1 aromatic heterocycles. The van der Waals surface area contributed by atoms with Gasteiger partial charge in [0.15, 0.2) is 0 Å². The normalized spacial score (nSPS) is 10.9. The first-order valence-electron chi connectivity index (χ1n) is 7.48. The standard InChI is InChI=1S/C19H19ClN2/c1-13-3-4-14(2)19-18(13)17(10-12-22-19)21-11-9-15-5-7-16(20)8-6-15/h3-8,10,12H,9,11H2,1-2H3,(H,21,22). The molecule has 0 saturated heterocycles. The van der Waals surface area contributed by atoms with E-state index in [-0.39, 0.29) is 0 Å². The van der Waals surface area contributed by atoms with Crippen molar-refractivity contribution < 1.29 is 0 Å². The highest BCUT2D eigenvalue weighted by molar-refractivity contribution is 6.30. The number of benzene rings is 2. The number of aromatic nitrogens is 1. The fourth-order valence-corrected chi connectivity index (χ4v) is 2.84. The molecule has 0 aliphatic rings. The van der Waals surface area contributed by atoms with Gasteiger partial charge in [0.1, 0.15) is 0 Å². The molecule has 0 atom stereocenters. The van der Waals surface area contributed by atoms with E-state index in [9.17, 15) is 0 Å². The maximum atomic E-state index is 5.92. The van der Waals surface area contributed by atoms with Crippen molar-refractivity contribution in [2.45, 2.75) is 20.3 Å². The lowest BCUT2D eigenvalue weighted by molar-refractivity contribution is 1.02. The van der Waals surface area contributed by atoms with E-state index >= 15 is 0 Å². The average molecular weight is 311 g/mol. The highest BCUT2D eigenvalue weighted by Gasteiger charge is 2.06. The number of rotatable bonds is 4. The fourth-order valence-electron chi connectivity index (χ4n) is 2.71. The maximum Gasteiger partial charge on any atom is 0.0754 e. The molecule has 0 aliphatic heterocycles. The van der Waals surface area contributed by atoms with E-state index in [1.807, 2.05) is 18.3 Å². The third-order valence-electron chi connectivity index (χ3n) is 3.94. The van der Waals surface area contributed by atoms with Crippen LogP contribution in [-0.2, 0) is 6.42 Å². The van der Waals surface area contributed by atoms with Gasteiger partial charge in [0.2, 0.25) is 0 Å². The van der Waals surface area contributed by atoms with Gasteiger partial charge < -0.3 is 5.32 Å². The molecule has 0 unspecified atom stereocenters. The van der Waals surface area contributed by atoms with Crippen LogP contribution in [0.3, 0.4) is 0 Å². The van der Waals surface area contributed by atoms with Crippen molar-refractivity contribution in [2.24, 2.45) is 0 Å². The molecule has 3 aromatic rings. The molecule has 0 spiro atoms. The molecule has 1 heterocycles. The first-order chi connectivity index (χ1) is 10.6. The third kappa shape index (κ3) is 3.07. The Bertz CT molecular complexity index is 794. The van der Waals surface area contributed by atoms with E-state index in [1.165, 1.54) is 22.1 Å². The summed E-state index contributed by atoms with van der Waals surface area (Å²) in [5, 5.41) is 5.55. The molecule has 0 bridgehead atoms. The monoisotopic (exact) mass is 310 g/mol. The van der Waals surface area contributed by atoms with Gasteiger partial charge >= 0.3 is 0 Å². The number of anilines is 1. The fraction of sp³-hybridized carbons (Fsp3) is 0.211. The van der Waals surface area contributed by atoms with Crippen molar-refractivity contribution >= 4 is 28.2 Å². The van der Waals surface area contributed by atoms with Gasteiger partial charge in [0, 0.05) is 28.8 Å². The van der Waals surface area contributed by atoms with Gasteiger partial charge in [-0.25, -0.2) is 0 Å². The first kappa shape index (κ1) is 14.9. The molecular formula is C19H19ClN2. The van der Waals surface area contributed by atoms with Crippen LogP contribution in [0.15, 0.2) is 48.7 Å². The zero-order valence-corrected chi connectivity index (χ0v) is 13.6. The topological polar surface area (TPSA) is 24.9 Å². The van der Waals surface area contributed by atoms with Gasteiger partial charge in [0.25, 0.3) is 0 Å².